The molecule has 6 heteroatoms. The normalized spacial score (nSPS) is 11.1. The van der Waals surface area contributed by atoms with Crippen LogP contribution in [0.3, 0.4) is 0 Å². The summed E-state index contributed by atoms with van der Waals surface area (Å²) in [6.45, 7) is 8.79. The Morgan fingerprint density at radius 2 is 2.15 bits per heavy atom. The van der Waals surface area contributed by atoms with Gasteiger partial charge in [-0.1, -0.05) is 0 Å². The minimum Gasteiger partial charge on any atom is -0.378 e. The van der Waals surface area contributed by atoms with Gasteiger partial charge in [0.2, 0.25) is 0 Å². The molecule has 2 aromatic rings. The molecule has 0 aliphatic heterocycles. The molecule has 0 unspecified atom stereocenters. The minimum absolute atomic E-state index is 0.0513. The molecule has 4 nitrogen and oxygen atoms in total. The van der Waals surface area contributed by atoms with E-state index in [0.29, 0.717) is 11.0 Å². The maximum Gasteiger partial charge on any atom is 0.283 e. The van der Waals surface area contributed by atoms with Gasteiger partial charge in [0.25, 0.3) is 5.56 Å². The third kappa shape index (κ3) is 3.12. The highest BCUT2D eigenvalue weighted by Crippen LogP contribution is 2.23. The van der Waals surface area contributed by atoms with E-state index in [-0.39, 0.29) is 11.6 Å². The van der Waals surface area contributed by atoms with Crippen molar-refractivity contribution >= 4 is 33.0 Å². The van der Waals surface area contributed by atoms with Crippen LogP contribution in [0.1, 0.15) is 35.2 Å². The molecule has 0 atom stereocenters. The Bertz CT molecular complexity index is 656. The van der Waals surface area contributed by atoms with Crippen LogP contribution < -0.4 is 10.9 Å². The van der Waals surface area contributed by atoms with Crippen LogP contribution in [0.4, 0.5) is 5.69 Å². The number of hydrogen-bond acceptors (Lipinski definition) is 4. The number of thiophene rings is 1. The van der Waals surface area contributed by atoms with Crippen molar-refractivity contribution in [1.29, 1.82) is 0 Å². The largest absolute Gasteiger partial charge is 0.378 e. The first-order valence-corrected chi connectivity index (χ1v) is 8.08. The second-order valence-corrected chi connectivity index (χ2v) is 7.16. The van der Waals surface area contributed by atoms with E-state index in [9.17, 15) is 4.79 Å². The molecule has 20 heavy (non-hydrogen) atoms. The fraction of sp³-hybridized carbons (Fsp3) is 0.429. The molecule has 2 heterocycles. The summed E-state index contributed by atoms with van der Waals surface area (Å²) in [5, 5.41) is 7.45. The van der Waals surface area contributed by atoms with Crippen molar-refractivity contribution in [2.75, 3.05) is 5.32 Å². The molecular formula is C14H18BrN3OS. The van der Waals surface area contributed by atoms with E-state index in [1.807, 2.05) is 13.8 Å². The molecule has 1 N–H and O–H groups in total. The van der Waals surface area contributed by atoms with Crippen LogP contribution in [0.2, 0.25) is 0 Å². The highest BCUT2D eigenvalue weighted by Gasteiger charge is 2.11. The van der Waals surface area contributed by atoms with Crippen molar-refractivity contribution in [1.82, 2.24) is 9.78 Å². The summed E-state index contributed by atoms with van der Waals surface area (Å²) < 4.78 is 2.00. The van der Waals surface area contributed by atoms with Crippen molar-refractivity contribution in [3.05, 3.63) is 42.4 Å². The predicted octanol–water partition coefficient (Wildman–Crippen LogP) is 3.88. The Hall–Kier alpha value is -1.14. The number of aryl methyl sites for hydroxylation is 2. The maximum absolute atomic E-state index is 12.1. The van der Waals surface area contributed by atoms with Crippen LogP contribution in [-0.2, 0) is 6.54 Å². The van der Waals surface area contributed by atoms with Crippen molar-refractivity contribution in [2.24, 2.45) is 0 Å². The molecule has 0 saturated heterocycles. The van der Waals surface area contributed by atoms with Crippen LogP contribution in [0.25, 0.3) is 0 Å². The monoisotopic (exact) mass is 355 g/mol. The Kier molecular flexibility index (Phi) is 4.65. The summed E-state index contributed by atoms with van der Waals surface area (Å²) in [7, 11) is 0. The van der Waals surface area contributed by atoms with Gasteiger partial charge in [-0.3, -0.25) is 4.79 Å². The average Bonchev–Trinajstić information content (AvgIpc) is 2.70. The first-order valence-electron chi connectivity index (χ1n) is 6.47. The molecule has 0 fully saturated rings. The van der Waals surface area contributed by atoms with Crippen molar-refractivity contribution in [2.45, 2.75) is 40.3 Å². The second-order valence-electron chi connectivity index (χ2n) is 5.02. The van der Waals surface area contributed by atoms with Gasteiger partial charge in [-0.15, -0.1) is 11.3 Å². The van der Waals surface area contributed by atoms with E-state index in [4.69, 9.17) is 0 Å². The van der Waals surface area contributed by atoms with Gasteiger partial charge in [0, 0.05) is 16.3 Å². The first-order chi connectivity index (χ1) is 9.40. The zero-order valence-electron chi connectivity index (χ0n) is 12.0. The first kappa shape index (κ1) is 15.3. The van der Waals surface area contributed by atoms with Gasteiger partial charge < -0.3 is 5.32 Å². The van der Waals surface area contributed by atoms with E-state index in [2.05, 4.69) is 46.3 Å². The fourth-order valence-corrected chi connectivity index (χ4v) is 3.27. The second kappa shape index (κ2) is 6.10. The molecule has 0 aliphatic carbocycles. The summed E-state index contributed by atoms with van der Waals surface area (Å²) >= 11 is 5.13. The van der Waals surface area contributed by atoms with Gasteiger partial charge in [0.15, 0.2) is 0 Å². The van der Waals surface area contributed by atoms with Gasteiger partial charge in [-0.05, 0) is 55.3 Å². The van der Waals surface area contributed by atoms with E-state index < -0.39 is 0 Å². The topological polar surface area (TPSA) is 46.9 Å². The summed E-state index contributed by atoms with van der Waals surface area (Å²) in [4.78, 5) is 14.7. The highest BCUT2D eigenvalue weighted by atomic mass is 79.9. The summed E-state index contributed by atoms with van der Waals surface area (Å²) in [5.74, 6) is 0. The Labute approximate surface area is 131 Å². The standard InChI is InChI=1S/C14H18BrN3OS/c1-8(2)18-14(19)13(15)12(7-17-18)16-6-11-5-9(3)10(4)20-11/h5,7-8,16H,6H2,1-4H3. The summed E-state index contributed by atoms with van der Waals surface area (Å²) in [6, 6.07) is 2.22. The predicted molar refractivity (Wildman–Crippen MR) is 87.7 cm³/mol. The van der Waals surface area contributed by atoms with Gasteiger partial charge >= 0.3 is 0 Å². The van der Waals surface area contributed by atoms with E-state index in [0.717, 1.165) is 5.69 Å². The summed E-state index contributed by atoms with van der Waals surface area (Å²) in [6.07, 6.45) is 1.69. The molecule has 2 aromatic heterocycles. The molecular weight excluding hydrogens is 338 g/mol. The molecule has 0 bridgehead atoms. The van der Waals surface area contributed by atoms with Crippen LogP contribution in [0.5, 0.6) is 0 Å². The molecule has 0 radical (unpaired) electrons. The number of nitrogens with one attached hydrogen (secondary N) is 1. The zero-order chi connectivity index (χ0) is 14.9. The Balaban J connectivity index is 2.18. The minimum atomic E-state index is -0.108. The lowest BCUT2D eigenvalue weighted by Gasteiger charge is -2.12. The number of hydrogen-bond donors (Lipinski definition) is 1. The Morgan fingerprint density at radius 1 is 1.45 bits per heavy atom. The maximum atomic E-state index is 12.1. The molecule has 0 saturated carbocycles. The lowest BCUT2D eigenvalue weighted by molar-refractivity contribution is 0.501. The molecule has 0 aromatic carbocycles. The zero-order valence-corrected chi connectivity index (χ0v) is 14.4. The highest BCUT2D eigenvalue weighted by molar-refractivity contribution is 9.10. The SMILES string of the molecule is Cc1cc(CNc2cnn(C(C)C)c(=O)c2Br)sc1C. The Morgan fingerprint density at radius 3 is 2.70 bits per heavy atom. The third-order valence-corrected chi connectivity index (χ3v) is 5.02. The lowest BCUT2D eigenvalue weighted by atomic mass is 10.3. The van der Waals surface area contributed by atoms with Crippen molar-refractivity contribution < 1.29 is 0 Å². The van der Waals surface area contributed by atoms with Crippen molar-refractivity contribution in [3.63, 3.8) is 0 Å². The number of rotatable bonds is 4. The van der Waals surface area contributed by atoms with Gasteiger partial charge in [-0.2, -0.15) is 5.10 Å². The average molecular weight is 356 g/mol. The quantitative estimate of drug-likeness (QED) is 0.905. The lowest BCUT2D eigenvalue weighted by Crippen LogP contribution is -2.25. The smallest absolute Gasteiger partial charge is 0.283 e. The van der Waals surface area contributed by atoms with Crippen LogP contribution in [0.15, 0.2) is 21.5 Å². The molecule has 2 rings (SSSR count). The van der Waals surface area contributed by atoms with Crippen LogP contribution in [0, 0.1) is 13.8 Å². The number of halogens is 1. The molecule has 0 spiro atoms. The van der Waals surface area contributed by atoms with Crippen LogP contribution in [-0.4, -0.2) is 9.78 Å². The van der Waals surface area contributed by atoms with Gasteiger partial charge in [0.1, 0.15) is 4.47 Å². The van der Waals surface area contributed by atoms with Gasteiger partial charge in [-0.25, -0.2) is 4.68 Å². The van der Waals surface area contributed by atoms with Gasteiger partial charge in [0.05, 0.1) is 17.9 Å². The molecule has 0 aliphatic rings. The summed E-state index contributed by atoms with van der Waals surface area (Å²) in [5.41, 5.74) is 1.93. The van der Waals surface area contributed by atoms with Crippen molar-refractivity contribution in [3.8, 4) is 0 Å². The van der Waals surface area contributed by atoms with Crippen LogP contribution >= 0.6 is 27.3 Å². The number of anilines is 1. The third-order valence-electron chi connectivity index (χ3n) is 3.10. The van der Waals surface area contributed by atoms with E-state index in [1.165, 1.54) is 20.0 Å². The van der Waals surface area contributed by atoms with E-state index >= 15 is 0 Å². The fourth-order valence-electron chi connectivity index (χ4n) is 1.86. The number of nitrogens with zero attached hydrogens (tertiary/aromatic N) is 2. The molecule has 108 valence electrons. The molecule has 0 amide bonds. The number of aromatic nitrogens is 2. The van der Waals surface area contributed by atoms with E-state index in [1.54, 1.807) is 17.5 Å².